The summed E-state index contributed by atoms with van der Waals surface area (Å²) in [6.45, 7) is 29.1. The molecule has 0 aromatic rings. The average molecular weight is 787 g/mol. The van der Waals surface area contributed by atoms with E-state index in [0.29, 0.717) is 57.6 Å². The number of nitrogens with two attached hydrogens (primary N) is 2. The van der Waals surface area contributed by atoms with Gasteiger partial charge in [0, 0.05) is 48.4 Å². The molecular weight excluding hydrogens is 704 g/mol. The van der Waals surface area contributed by atoms with E-state index in [1.165, 1.54) is 0 Å². The maximum absolute atomic E-state index is 12.9. The summed E-state index contributed by atoms with van der Waals surface area (Å²) in [5.41, 5.74) is 9.77. The van der Waals surface area contributed by atoms with E-state index < -0.39 is 58.5 Å². The number of aliphatic imine (C=N–C) groups is 1. The number of rotatable bonds is 28. The molecule has 14 nitrogen and oxygen atoms in total. The first-order valence-electron chi connectivity index (χ1n) is 20.1. The van der Waals surface area contributed by atoms with Gasteiger partial charge in [0.25, 0.3) is 11.8 Å². The van der Waals surface area contributed by atoms with Gasteiger partial charge in [0.2, 0.25) is 0 Å². The summed E-state index contributed by atoms with van der Waals surface area (Å²) >= 11 is 0. The topological polar surface area (TPSA) is 246 Å². The van der Waals surface area contributed by atoms with Crippen LogP contribution >= 0.6 is 0 Å². The molecule has 2 amide bonds. The summed E-state index contributed by atoms with van der Waals surface area (Å²) < 4.78 is 12.1. The Hall–Kier alpha value is -2.20. The molecule has 0 aliphatic carbocycles. The number of aliphatic hydroxyl groups is 4. The lowest BCUT2D eigenvalue weighted by Gasteiger charge is -2.37. The second kappa shape index (κ2) is 22.1. The highest BCUT2D eigenvalue weighted by atomic mass is 16.5. The van der Waals surface area contributed by atoms with Crippen molar-refractivity contribution in [3.63, 3.8) is 0 Å². The number of ether oxygens (including phenoxy) is 2. The Bertz CT molecular complexity index is 1240. The van der Waals surface area contributed by atoms with Gasteiger partial charge in [0.15, 0.2) is 12.2 Å². The van der Waals surface area contributed by atoms with Crippen LogP contribution in [0.4, 0.5) is 0 Å². The third-order valence-corrected chi connectivity index (χ3v) is 10.7. The van der Waals surface area contributed by atoms with Crippen molar-refractivity contribution in [2.45, 2.75) is 195 Å². The van der Waals surface area contributed by atoms with Crippen LogP contribution in [0.1, 0.15) is 148 Å². The number of amidine groups is 1. The monoisotopic (exact) mass is 787 g/mol. The van der Waals surface area contributed by atoms with Crippen LogP contribution in [-0.2, 0) is 19.1 Å². The largest absolute Gasteiger partial charge is 0.387 e. The normalized spacial score (nSPS) is 17.5. The van der Waals surface area contributed by atoms with Gasteiger partial charge >= 0.3 is 0 Å². The van der Waals surface area contributed by atoms with Gasteiger partial charge in [-0.25, -0.2) is 0 Å². The van der Waals surface area contributed by atoms with Crippen LogP contribution in [0.15, 0.2) is 4.99 Å². The molecule has 0 rings (SSSR count). The van der Waals surface area contributed by atoms with Gasteiger partial charge in [-0.3, -0.25) is 14.6 Å². The number of amides is 2. The van der Waals surface area contributed by atoms with Crippen molar-refractivity contribution < 1.29 is 39.5 Å². The van der Waals surface area contributed by atoms with Gasteiger partial charge in [-0.15, -0.1) is 0 Å². The molecule has 0 fully saturated rings. The minimum absolute atomic E-state index is 0.135. The SMILES string of the molecule is CCC(C)C(=N)C(C)(C)CC(C)(C)CC(N)=NCCC(C)(C)OCCC(C)(C)NC(=O)[C@H](O)[C@@H](O)[C@@H](O)[C@H](O)C(=O)NC(C)(C)CCOC(C)(CC)CCN. The van der Waals surface area contributed by atoms with Crippen molar-refractivity contribution in [1.82, 2.24) is 10.6 Å². The predicted octanol–water partition coefficient (Wildman–Crippen LogP) is 3.97. The highest BCUT2D eigenvalue weighted by Gasteiger charge is 2.40. The Balaban J connectivity index is 5.01. The summed E-state index contributed by atoms with van der Waals surface area (Å²) in [5.74, 6) is -1.15. The molecule has 6 atom stereocenters. The second-order valence-electron chi connectivity index (χ2n) is 19.2. The van der Waals surface area contributed by atoms with Crippen LogP contribution < -0.4 is 22.1 Å². The molecule has 0 radical (unpaired) electrons. The molecule has 0 spiro atoms. The first-order valence-corrected chi connectivity index (χ1v) is 20.1. The smallest absolute Gasteiger partial charge is 0.252 e. The number of aliphatic hydroxyl groups excluding tert-OH is 4. The summed E-state index contributed by atoms with van der Waals surface area (Å²) in [7, 11) is 0. The number of carbonyl (C=O) groups is 2. The molecule has 11 N–H and O–H groups in total. The average Bonchev–Trinajstić information content (AvgIpc) is 3.04. The molecule has 0 aromatic carbocycles. The van der Waals surface area contributed by atoms with Crippen molar-refractivity contribution >= 4 is 23.4 Å². The Morgan fingerprint density at radius 1 is 0.764 bits per heavy atom. The number of hydrogen-bond donors (Lipinski definition) is 9. The molecule has 55 heavy (non-hydrogen) atoms. The maximum Gasteiger partial charge on any atom is 0.252 e. The van der Waals surface area contributed by atoms with Gasteiger partial charge in [0.05, 0.1) is 17.0 Å². The van der Waals surface area contributed by atoms with Crippen molar-refractivity contribution in [3.05, 3.63) is 0 Å². The van der Waals surface area contributed by atoms with Crippen molar-refractivity contribution in [2.75, 3.05) is 26.3 Å². The molecule has 2 unspecified atom stereocenters. The van der Waals surface area contributed by atoms with Gasteiger partial charge in [-0.2, -0.15) is 0 Å². The van der Waals surface area contributed by atoms with E-state index in [2.05, 4.69) is 57.2 Å². The maximum atomic E-state index is 12.9. The summed E-state index contributed by atoms with van der Waals surface area (Å²) in [4.78, 5) is 30.3. The van der Waals surface area contributed by atoms with E-state index in [1.807, 2.05) is 27.7 Å². The van der Waals surface area contributed by atoms with E-state index >= 15 is 0 Å². The lowest BCUT2D eigenvalue weighted by atomic mass is 9.68. The van der Waals surface area contributed by atoms with Gasteiger partial charge in [-0.1, -0.05) is 48.5 Å². The minimum atomic E-state index is -2.15. The summed E-state index contributed by atoms with van der Waals surface area (Å²) in [6, 6.07) is 0. The fourth-order valence-electron chi connectivity index (χ4n) is 6.73. The molecule has 0 aromatic heterocycles. The molecule has 0 aliphatic rings. The van der Waals surface area contributed by atoms with Crippen molar-refractivity contribution in [3.8, 4) is 0 Å². The molecule has 0 bridgehead atoms. The van der Waals surface area contributed by atoms with Crippen molar-refractivity contribution in [1.29, 1.82) is 5.41 Å². The molecule has 0 saturated carbocycles. The summed E-state index contributed by atoms with van der Waals surface area (Å²) in [5, 5.41) is 56.1. The lowest BCUT2D eigenvalue weighted by molar-refractivity contribution is -0.157. The highest BCUT2D eigenvalue weighted by molar-refractivity contribution is 5.89. The fraction of sp³-hybridized carbons (Fsp3) is 0.902. The minimum Gasteiger partial charge on any atom is -0.387 e. The number of nitrogens with zero attached hydrogens (tertiary/aromatic N) is 1. The zero-order valence-electron chi connectivity index (χ0n) is 36.9. The molecule has 0 saturated heterocycles. The van der Waals surface area contributed by atoms with E-state index in [4.69, 9.17) is 26.4 Å². The molecule has 14 heteroatoms. The molecule has 324 valence electrons. The zero-order chi connectivity index (χ0) is 43.2. The Morgan fingerprint density at radius 2 is 1.22 bits per heavy atom. The summed E-state index contributed by atoms with van der Waals surface area (Å²) in [6.07, 6.45) is -3.39. The van der Waals surface area contributed by atoms with Gasteiger partial charge in [0.1, 0.15) is 12.2 Å². The third-order valence-electron chi connectivity index (χ3n) is 10.7. The molecule has 0 heterocycles. The molecule has 0 aliphatic heterocycles. The Kier molecular flexibility index (Phi) is 21.2. The van der Waals surface area contributed by atoms with E-state index in [1.54, 1.807) is 27.7 Å². The number of carbonyl (C=O) groups excluding carboxylic acids is 2. The number of hydrogen-bond acceptors (Lipinski definition) is 11. The van der Waals surface area contributed by atoms with Crippen LogP contribution in [0.25, 0.3) is 0 Å². The van der Waals surface area contributed by atoms with Gasteiger partial charge < -0.3 is 57.4 Å². The Labute approximate surface area is 332 Å². The third kappa shape index (κ3) is 19.7. The van der Waals surface area contributed by atoms with Crippen molar-refractivity contribution in [2.24, 2.45) is 33.2 Å². The quantitative estimate of drug-likeness (QED) is 0.0408. The van der Waals surface area contributed by atoms with E-state index in [9.17, 15) is 30.0 Å². The first kappa shape index (κ1) is 52.8. The predicted molar refractivity (Wildman–Crippen MR) is 221 cm³/mol. The van der Waals surface area contributed by atoms with Crippen LogP contribution in [0.5, 0.6) is 0 Å². The van der Waals surface area contributed by atoms with E-state index in [-0.39, 0.29) is 23.4 Å². The van der Waals surface area contributed by atoms with E-state index in [0.717, 1.165) is 25.0 Å². The van der Waals surface area contributed by atoms with Crippen LogP contribution in [0, 0.1) is 22.2 Å². The Morgan fingerprint density at radius 3 is 1.64 bits per heavy atom. The lowest BCUT2D eigenvalue weighted by Crippen LogP contribution is -2.58. The van der Waals surface area contributed by atoms with Crippen LogP contribution in [-0.4, -0.2) is 117 Å². The van der Waals surface area contributed by atoms with Crippen LogP contribution in [0.3, 0.4) is 0 Å². The fourth-order valence-corrected chi connectivity index (χ4v) is 6.73. The van der Waals surface area contributed by atoms with Crippen LogP contribution in [0.2, 0.25) is 0 Å². The zero-order valence-corrected chi connectivity index (χ0v) is 36.9. The molecular formula is C41H82N6O8. The number of nitrogens with one attached hydrogen (secondary N) is 3. The first-order chi connectivity index (χ1) is 24.9. The highest BCUT2D eigenvalue weighted by Crippen LogP contribution is 2.39. The second-order valence-corrected chi connectivity index (χ2v) is 19.2. The van der Waals surface area contributed by atoms with Gasteiger partial charge in [-0.05, 0) is 111 Å². The standard InChI is InChI=1S/C41H82N6O8/c1-15-27(3)33(44)37(6,7)26-36(4,5)25-28(43)45-22-18-40(12,13)54-23-19-38(8,9)46-34(52)31(50)29(48)30(49)32(51)35(53)47-39(10,11)20-24-55-41(14,16-2)17-21-42/h27,29-32,44,48-51H,15-26,42H2,1-14H3,(H2,43,45)(H,46,52)(H,47,53)/t27?,29-,30+,31+,32-,41?/m0/s1.